The Balaban J connectivity index is 4.21. The van der Waals surface area contributed by atoms with E-state index in [2.05, 4.69) is 13.8 Å². The van der Waals surface area contributed by atoms with Crippen LogP contribution in [0, 0.1) is 5.92 Å². The van der Waals surface area contributed by atoms with Crippen LogP contribution in [0.5, 0.6) is 0 Å². The molecule has 0 amide bonds. The fourth-order valence-corrected chi connectivity index (χ4v) is 2.56. The average Bonchev–Trinajstić information content (AvgIpc) is 2.50. The third-order valence-electron chi connectivity index (χ3n) is 3.98. The molecule has 4 heteroatoms. The summed E-state index contributed by atoms with van der Waals surface area (Å²) in [4.78, 5) is 22.2. The number of carboxylic acid groups (broad SMARTS) is 1. The lowest BCUT2D eigenvalue weighted by atomic mass is 9.93. The molecule has 22 heavy (non-hydrogen) atoms. The Kier molecular flexibility index (Phi) is 14.9. The molecule has 0 bridgehead atoms. The maximum absolute atomic E-state index is 11.5. The Labute approximate surface area is 136 Å². The average molecular weight is 316 g/mol. The van der Waals surface area contributed by atoms with E-state index in [1.807, 2.05) is 6.92 Å². The first-order chi connectivity index (χ1) is 10.7. The highest BCUT2D eigenvalue weighted by Gasteiger charge is 2.28. The number of hydrogen-bond acceptors (Lipinski definition) is 3. The number of carbonyl (C=O) groups is 1. The van der Waals surface area contributed by atoms with E-state index in [9.17, 15) is 9.90 Å². The predicted octanol–water partition coefficient (Wildman–Crippen LogP) is 5.35. The van der Waals surface area contributed by atoms with Crippen LogP contribution in [-0.4, -0.2) is 23.8 Å². The molecule has 4 nitrogen and oxygen atoms in total. The first-order valence-corrected chi connectivity index (χ1v) is 9.18. The molecule has 2 unspecified atom stereocenters. The first-order valence-electron chi connectivity index (χ1n) is 9.18. The predicted molar refractivity (Wildman–Crippen MR) is 89.8 cm³/mol. The van der Waals surface area contributed by atoms with Crippen molar-refractivity contribution in [2.45, 2.75) is 97.5 Å². The van der Waals surface area contributed by atoms with Gasteiger partial charge in [0.2, 0.25) is 0 Å². The molecule has 0 heterocycles. The summed E-state index contributed by atoms with van der Waals surface area (Å²) in [5.41, 5.74) is 0. The van der Waals surface area contributed by atoms with Crippen molar-refractivity contribution in [3.8, 4) is 0 Å². The third kappa shape index (κ3) is 11.0. The zero-order chi connectivity index (χ0) is 16.6. The largest absolute Gasteiger partial charge is 0.481 e. The van der Waals surface area contributed by atoms with Crippen LogP contribution in [0.25, 0.3) is 0 Å². The third-order valence-corrected chi connectivity index (χ3v) is 3.98. The minimum atomic E-state index is -0.767. The van der Waals surface area contributed by atoms with Crippen LogP contribution >= 0.6 is 0 Å². The molecule has 0 aromatic carbocycles. The molecule has 2 atom stereocenters. The van der Waals surface area contributed by atoms with Gasteiger partial charge in [0.05, 0.1) is 12.5 Å². The monoisotopic (exact) mass is 316 g/mol. The fraction of sp³-hybridized carbons (Fsp3) is 0.944. The van der Waals surface area contributed by atoms with Gasteiger partial charge in [0.15, 0.2) is 0 Å². The van der Waals surface area contributed by atoms with Gasteiger partial charge in [-0.3, -0.25) is 4.79 Å². The lowest BCUT2D eigenvalue weighted by molar-refractivity contribution is -0.334. The number of carboxylic acids is 1. The van der Waals surface area contributed by atoms with E-state index in [1.54, 1.807) is 0 Å². The Hall–Kier alpha value is -0.610. The molecular formula is C18H36O4. The van der Waals surface area contributed by atoms with E-state index in [4.69, 9.17) is 9.78 Å². The van der Waals surface area contributed by atoms with Gasteiger partial charge in [-0.15, -0.1) is 0 Å². The van der Waals surface area contributed by atoms with Gasteiger partial charge in [0.1, 0.15) is 6.10 Å². The molecular weight excluding hydrogens is 280 g/mol. The molecule has 0 aromatic heterocycles. The van der Waals surface area contributed by atoms with Crippen molar-refractivity contribution in [1.29, 1.82) is 0 Å². The van der Waals surface area contributed by atoms with E-state index < -0.39 is 11.9 Å². The van der Waals surface area contributed by atoms with E-state index in [1.165, 1.54) is 25.7 Å². The number of unbranched alkanes of at least 4 members (excludes halogenated alkanes) is 6. The van der Waals surface area contributed by atoms with E-state index >= 15 is 0 Å². The van der Waals surface area contributed by atoms with Crippen LogP contribution in [-0.2, 0) is 14.6 Å². The van der Waals surface area contributed by atoms with Crippen molar-refractivity contribution in [2.75, 3.05) is 6.61 Å². The van der Waals surface area contributed by atoms with Gasteiger partial charge in [0.25, 0.3) is 0 Å². The molecule has 1 N–H and O–H groups in total. The summed E-state index contributed by atoms with van der Waals surface area (Å²) in [7, 11) is 0. The van der Waals surface area contributed by atoms with Gasteiger partial charge in [0, 0.05) is 0 Å². The summed E-state index contributed by atoms with van der Waals surface area (Å²) in [6.45, 7) is 6.85. The Morgan fingerprint density at radius 1 is 0.864 bits per heavy atom. The molecule has 0 aliphatic rings. The summed E-state index contributed by atoms with van der Waals surface area (Å²) in [5, 5.41) is 9.41. The van der Waals surface area contributed by atoms with Crippen molar-refractivity contribution in [3.05, 3.63) is 0 Å². The second kappa shape index (κ2) is 15.3. The molecule has 0 saturated carbocycles. The van der Waals surface area contributed by atoms with Crippen molar-refractivity contribution < 1.29 is 19.7 Å². The van der Waals surface area contributed by atoms with Crippen molar-refractivity contribution in [1.82, 2.24) is 0 Å². The molecule has 0 saturated heterocycles. The van der Waals surface area contributed by atoms with Crippen LogP contribution in [0.4, 0.5) is 0 Å². The number of rotatable bonds is 16. The zero-order valence-electron chi connectivity index (χ0n) is 14.8. The molecule has 132 valence electrons. The topological polar surface area (TPSA) is 55.8 Å². The highest BCUT2D eigenvalue weighted by Crippen LogP contribution is 2.21. The van der Waals surface area contributed by atoms with E-state index in [0.29, 0.717) is 13.0 Å². The summed E-state index contributed by atoms with van der Waals surface area (Å²) in [6, 6.07) is 0. The Bertz CT molecular complexity index is 255. The molecule has 0 fully saturated rings. The first kappa shape index (κ1) is 21.4. The molecule has 0 aromatic rings. The van der Waals surface area contributed by atoms with Gasteiger partial charge in [-0.1, -0.05) is 72.1 Å². The highest BCUT2D eigenvalue weighted by molar-refractivity contribution is 5.70. The summed E-state index contributed by atoms with van der Waals surface area (Å²) in [6.07, 6.45) is 11.1. The standard InChI is InChI=1S/C18H36O4/c1-4-7-9-10-11-12-14-17(22-21-15-8-5-2)16(13-6-3)18(19)20/h16-17H,4-15H2,1-3H3,(H,19,20). The van der Waals surface area contributed by atoms with Crippen LogP contribution in [0.1, 0.15) is 91.4 Å². The summed E-state index contributed by atoms with van der Waals surface area (Å²) in [5.74, 6) is -1.22. The van der Waals surface area contributed by atoms with Gasteiger partial charge >= 0.3 is 5.97 Å². The lowest BCUT2D eigenvalue weighted by Crippen LogP contribution is -2.31. The van der Waals surface area contributed by atoms with Crippen LogP contribution in [0.3, 0.4) is 0 Å². The van der Waals surface area contributed by atoms with Crippen molar-refractivity contribution in [3.63, 3.8) is 0 Å². The molecule has 0 aliphatic heterocycles. The lowest BCUT2D eigenvalue weighted by Gasteiger charge is -2.23. The minimum Gasteiger partial charge on any atom is -0.481 e. The molecule has 0 rings (SSSR count). The van der Waals surface area contributed by atoms with Gasteiger partial charge < -0.3 is 5.11 Å². The van der Waals surface area contributed by atoms with Crippen LogP contribution < -0.4 is 0 Å². The zero-order valence-corrected chi connectivity index (χ0v) is 14.8. The van der Waals surface area contributed by atoms with Crippen LogP contribution in [0.2, 0.25) is 0 Å². The Morgan fingerprint density at radius 3 is 2.09 bits per heavy atom. The van der Waals surface area contributed by atoms with Crippen molar-refractivity contribution in [2.24, 2.45) is 5.92 Å². The summed E-state index contributed by atoms with van der Waals surface area (Å²) >= 11 is 0. The summed E-state index contributed by atoms with van der Waals surface area (Å²) < 4.78 is 0. The number of aliphatic carboxylic acids is 1. The fourth-order valence-electron chi connectivity index (χ4n) is 2.56. The number of hydrogen-bond donors (Lipinski definition) is 1. The maximum atomic E-state index is 11.5. The SMILES string of the molecule is CCCCCCCCC(OOCCCC)C(CCC)C(=O)O. The smallest absolute Gasteiger partial charge is 0.309 e. The molecule has 0 radical (unpaired) electrons. The van der Waals surface area contributed by atoms with E-state index in [0.717, 1.165) is 38.5 Å². The van der Waals surface area contributed by atoms with Gasteiger partial charge in [-0.2, -0.15) is 0 Å². The highest BCUT2D eigenvalue weighted by atomic mass is 17.2. The van der Waals surface area contributed by atoms with Gasteiger partial charge in [-0.25, -0.2) is 9.78 Å². The second-order valence-corrected chi connectivity index (χ2v) is 6.10. The van der Waals surface area contributed by atoms with Crippen molar-refractivity contribution >= 4 is 5.97 Å². The molecule has 0 aliphatic carbocycles. The Morgan fingerprint density at radius 2 is 1.50 bits per heavy atom. The van der Waals surface area contributed by atoms with Gasteiger partial charge in [-0.05, 0) is 19.3 Å². The van der Waals surface area contributed by atoms with E-state index in [-0.39, 0.29) is 6.10 Å². The second-order valence-electron chi connectivity index (χ2n) is 6.10. The minimum absolute atomic E-state index is 0.319. The van der Waals surface area contributed by atoms with Crippen LogP contribution in [0.15, 0.2) is 0 Å². The molecule has 0 spiro atoms. The quantitative estimate of drug-likeness (QED) is 0.237. The normalized spacial score (nSPS) is 14.0. The maximum Gasteiger partial charge on any atom is 0.309 e.